The van der Waals surface area contributed by atoms with Gasteiger partial charge in [0.25, 0.3) is 7.82 Å². The first-order valence-electron chi connectivity index (χ1n) is 2.19. The normalized spacial score (nSPS) is 12.6. The van der Waals surface area contributed by atoms with Crippen LogP contribution in [0.15, 0.2) is 0 Å². The van der Waals surface area contributed by atoms with E-state index in [2.05, 4.69) is 8.62 Å². The number of hydrogen-bond donors (Lipinski definition) is 0. The van der Waals surface area contributed by atoms with E-state index in [-0.39, 0.29) is 57.3 Å². The smallest absolute Gasteiger partial charge is 0.790 e. The van der Waals surface area contributed by atoms with Crippen molar-refractivity contribution in [3.8, 4) is 0 Å². The molecule has 0 rings (SSSR count). The van der Waals surface area contributed by atoms with Crippen LogP contribution in [0.1, 0.15) is 0 Å². The molecule has 0 N–H and O–H groups in total. The molecule has 0 atom stereocenters. The van der Waals surface area contributed by atoms with Gasteiger partial charge in [0.2, 0.25) is 0 Å². The Hall–Kier alpha value is 2.05. The van der Waals surface area contributed by atoms with Gasteiger partial charge in [-0.25, -0.2) is 0 Å². The van der Waals surface area contributed by atoms with Gasteiger partial charge in [0.1, 0.15) is 0 Å². The molecular formula is BBaO10P3. The Morgan fingerprint density at radius 1 is 0.733 bits per heavy atom. The largest absolute Gasteiger partial charge is 3.00 e. The summed E-state index contributed by atoms with van der Waals surface area (Å²) in [4.78, 5) is 48.6. The zero-order chi connectivity index (χ0) is 10.9. The zero-order valence-electron chi connectivity index (χ0n) is 6.71. The molecule has 0 aromatic heterocycles. The van der Waals surface area contributed by atoms with Crippen LogP contribution < -0.4 is 24.5 Å². The molecule has 0 aliphatic carbocycles. The van der Waals surface area contributed by atoms with Gasteiger partial charge in [-0.3, -0.25) is 13.2 Å². The van der Waals surface area contributed by atoms with Crippen LogP contribution in [0, 0.1) is 0 Å². The van der Waals surface area contributed by atoms with Crippen LogP contribution in [0.3, 0.4) is 0 Å². The van der Waals surface area contributed by atoms with Gasteiger partial charge in [-0.1, -0.05) is 0 Å². The summed E-state index contributed by atoms with van der Waals surface area (Å²) >= 11 is 0. The van der Waals surface area contributed by atoms with E-state index in [1.165, 1.54) is 0 Å². The number of rotatable bonds is 4. The molecule has 0 aromatic rings. The first kappa shape index (κ1) is 22.2. The Morgan fingerprint density at radius 3 is 1.07 bits per heavy atom. The second kappa shape index (κ2) is 7.47. The quantitative estimate of drug-likeness (QED) is 0.328. The molecule has 0 saturated carbocycles. The van der Waals surface area contributed by atoms with Gasteiger partial charge >= 0.3 is 57.3 Å². The summed E-state index contributed by atoms with van der Waals surface area (Å²) in [5.74, 6) is 0. The third kappa shape index (κ3) is 16.0. The standard InChI is InChI=1S/B.Ba.H5O10P3/c;;1-11(2,3)9-13(7,8)10-12(4,5)6/h;;(H,7,8)(H2,1,2,3)(H2,4,5,6)/q+3;+2;/p-5. The van der Waals surface area contributed by atoms with E-state index in [0.717, 1.165) is 0 Å². The van der Waals surface area contributed by atoms with Crippen LogP contribution >= 0.6 is 23.5 Å². The van der Waals surface area contributed by atoms with Crippen LogP contribution in [0.2, 0.25) is 0 Å². The third-order valence-corrected chi connectivity index (χ3v) is 3.60. The van der Waals surface area contributed by atoms with Crippen molar-refractivity contribution in [2.24, 2.45) is 0 Å². The molecular weight excluding hydrogens is 401 g/mol. The van der Waals surface area contributed by atoms with Crippen molar-refractivity contribution >= 4 is 80.8 Å². The Morgan fingerprint density at radius 2 is 0.933 bits per heavy atom. The molecule has 0 amide bonds. The minimum Gasteiger partial charge on any atom is -0.790 e. The van der Waals surface area contributed by atoms with Gasteiger partial charge in [0.15, 0.2) is 0 Å². The molecule has 0 bridgehead atoms. The SMILES string of the molecule is O=P([O-])([O-])OP(=O)([O-])OP(=O)([O-])[O-].[B+3].[Ba+2]. The molecule has 0 aromatic carbocycles. The fraction of sp³-hybridized carbons (Fsp3) is 0. The summed E-state index contributed by atoms with van der Waals surface area (Å²) < 4.78 is 34.7. The molecule has 0 saturated heterocycles. The van der Waals surface area contributed by atoms with Crippen LogP contribution in [0.4, 0.5) is 0 Å². The Bertz CT molecular complexity index is 283. The van der Waals surface area contributed by atoms with Crippen molar-refractivity contribution in [3.63, 3.8) is 0 Å². The second-order valence-corrected chi connectivity index (χ2v) is 5.49. The van der Waals surface area contributed by atoms with E-state index >= 15 is 0 Å². The molecule has 15 heavy (non-hydrogen) atoms. The maximum absolute atomic E-state index is 10.1. The van der Waals surface area contributed by atoms with Crippen LogP contribution in [0.25, 0.3) is 0 Å². The Kier molecular flexibility index (Phi) is 11.1. The van der Waals surface area contributed by atoms with Crippen molar-refractivity contribution in [2.45, 2.75) is 0 Å². The van der Waals surface area contributed by atoms with Crippen LogP contribution in [-0.4, -0.2) is 57.3 Å². The predicted molar refractivity (Wildman–Crippen MR) is 36.5 cm³/mol. The monoisotopic (exact) mass is 402 g/mol. The number of hydrogen-bond acceptors (Lipinski definition) is 10. The first-order valence-corrected chi connectivity index (χ1v) is 6.57. The maximum Gasteiger partial charge on any atom is 3.00 e. The van der Waals surface area contributed by atoms with E-state index in [4.69, 9.17) is 0 Å². The average Bonchev–Trinajstić information content (AvgIpc) is 1.43. The Labute approximate surface area is 126 Å². The van der Waals surface area contributed by atoms with E-state index < -0.39 is 23.5 Å². The van der Waals surface area contributed by atoms with Crippen LogP contribution in [-0.2, 0) is 22.3 Å². The summed E-state index contributed by atoms with van der Waals surface area (Å²) in [6.45, 7) is 0. The van der Waals surface area contributed by atoms with E-state index in [9.17, 15) is 38.2 Å². The average molecular weight is 401 g/mol. The third-order valence-electron chi connectivity index (χ3n) is 0.400. The fourth-order valence-electron chi connectivity index (χ4n) is 0.260. The van der Waals surface area contributed by atoms with Crippen LogP contribution in [0.5, 0.6) is 0 Å². The molecule has 0 aliphatic heterocycles. The van der Waals surface area contributed by atoms with Gasteiger partial charge in [-0.2, -0.15) is 0 Å². The van der Waals surface area contributed by atoms with Crippen molar-refractivity contribution in [1.29, 1.82) is 0 Å². The first-order chi connectivity index (χ1) is 5.41. The van der Waals surface area contributed by atoms with Crippen molar-refractivity contribution < 1.29 is 46.8 Å². The summed E-state index contributed by atoms with van der Waals surface area (Å²) in [6.07, 6.45) is 0. The molecule has 0 spiro atoms. The maximum atomic E-state index is 10.1. The molecule has 0 unspecified atom stereocenters. The zero-order valence-corrected chi connectivity index (χ0v) is 13.8. The molecule has 0 heterocycles. The summed E-state index contributed by atoms with van der Waals surface area (Å²) in [6, 6.07) is 0. The van der Waals surface area contributed by atoms with E-state index in [0.29, 0.717) is 0 Å². The topological polar surface area (TPSA) is 185 Å². The molecule has 80 valence electrons. The molecule has 15 heteroatoms. The minimum absolute atomic E-state index is 0. The molecule has 0 fully saturated rings. The molecule has 10 nitrogen and oxygen atoms in total. The van der Waals surface area contributed by atoms with Crippen molar-refractivity contribution in [3.05, 3.63) is 0 Å². The van der Waals surface area contributed by atoms with E-state index in [1.807, 2.05) is 0 Å². The predicted octanol–water partition coefficient (Wildman–Crippen LogP) is -4.62. The van der Waals surface area contributed by atoms with Gasteiger partial charge in [-0.05, 0) is 0 Å². The van der Waals surface area contributed by atoms with Gasteiger partial charge < -0.3 is 33.6 Å². The van der Waals surface area contributed by atoms with Crippen molar-refractivity contribution in [1.82, 2.24) is 0 Å². The van der Waals surface area contributed by atoms with E-state index in [1.54, 1.807) is 0 Å². The van der Waals surface area contributed by atoms with Crippen molar-refractivity contribution in [2.75, 3.05) is 0 Å². The fourth-order valence-corrected chi connectivity index (χ4v) is 2.61. The molecule has 0 radical (unpaired) electrons. The minimum atomic E-state index is -5.97. The van der Waals surface area contributed by atoms with Gasteiger partial charge in [-0.15, -0.1) is 0 Å². The van der Waals surface area contributed by atoms with Gasteiger partial charge in [0.05, 0.1) is 15.6 Å². The summed E-state index contributed by atoms with van der Waals surface area (Å²) in [5, 5.41) is 0. The second-order valence-electron chi connectivity index (χ2n) is 1.50. The Balaban J connectivity index is -0.000000720. The molecule has 0 aliphatic rings. The van der Waals surface area contributed by atoms with Gasteiger partial charge in [0, 0.05) is 0 Å². The summed E-state index contributed by atoms with van der Waals surface area (Å²) in [5.41, 5.74) is 0. The summed E-state index contributed by atoms with van der Waals surface area (Å²) in [7, 11) is -17.9. The number of phosphoric acid groups is 3.